The van der Waals surface area contributed by atoms with E-state index in [0.717, 1.165) is 31.7 Å². The zero-order chi connectivity index (χ0) is 13.2. The minimum Gasteiger partial charge on any atom is -0.349 e. The molecule has 3 atom stereocenters. The van der Waals surface area contributed by atoms with Crippen LogP contribution in [0.2, 0.25) is 0 Å². The van der Waals surface area contributed by atoms with E-state index in [9.17, 15) is 4.79 Å². The fourth-order valence-electron chi connectivity index (χ4n) is 3.83. The van der Waals surface area contributed by atoms with Crippen LogP contribution in [0, 0.1) is 11.8 Å². The Morgan fingerprint density at radius 1 is 1.22 bits per heavy atom. The molecule has 2 fully saturated rings. The van der Waals surface area contributed by atoms with Crippen LogP contribution in [0.1, 0.15) is 59.3 Å². The summed E-state index contributed by atoms with van der Waals surface area (Å²) in [6, 6.07) is 0.0709. The van der Waals surface area contributed by atoms with Crippen LogP contribution in [0.4, 0.5) is 0 Å². The highest BCUT2D eigenvalue weighted by Crippen LogP contribution is 2.38. The van der Waals surface area contributed by atoms with Gasteiger partial charge in [-0.15, -0.1) is 0 Å². The van der Waals surface area contributed by atoms with E-state index in [0.29, 0.717) is 5.92 Å². The third-order valence-corrected chi connectivity index (χ3v) is 5.45. The number of amides is 1. The molecule has 1 heterocycles. The molecule has 2 aliphatic rings. The van der Waals surface area contributed by atoms with Crippen molar-refractivity contribution in [2.45, 2.75) is 70.9 Å². The number of carbonyl (C=O) groups is 1. The van der Waals surface area contributed by atoms with Crippen molar-refractivity contribution in [2.24, 2.45) is 11.8 Å². The van der Waals surface area contributed by atoms with E-state index in [1.165, 1.54) is 19.3 Å². The van der Waals surface area contributed by atoms with Gasteiger partial charge in [-0.1, -0.05) is 27.2 Å². The first-order chi connectivity index (χ1) is 8.65. The Morgan fingerprint density at radius 3 is 2.50 bits per heavy atom. The molecule has 0 aromatic carbocycles. The highest BCUT2D eigenvalue weighted by atomic mass is 16.2. The van der Waals surface area contributed by atoms with E-state index in [1.54, 1.807) is 0 Å². The summed E-state index contributed by atoms with van der Waals surface area (Å²) >= 11 is 0. The van der Waals surface area contributed by atoms with Gasteiger partial charge < -0.3 is 10.6 Å². The highest BCUT2D eigenvalue weighted by Gasteiger charge is 2.43. The van der Waals surface area contributed by atoms with Gasteiger partial charge in [-0.3, -0.25) is 4.79 Å². The zero-order valence-corrected chi connectivity index (χ0v) is 12.1. The second-order valence-electron chi connectivity index (χ2n) is 6.07. The van der Waals surface area contributed by atoms with E-state index in [4.69, 9.17) is 0 Å². The number of hydrogen-bond donors (Lipinski definition) is 2. The molecular weight excluding hydrogens is 224 g/mol. The van der Waals surface area contributed by atoms with Crippen molar-refractivity contribution in [3.05, 3.63) is 0 Å². The van der Waals surface area contributed by atoms with E-state index in [1.807, 2.05) is 0 Å². The third-order valence-electron chi connectivity index (χ3n) is 5.45. The number of fused-ring (bicyclic) bond motifs is 1. The number of nitrogens with one attached hydrogen (secondary N) is 2. The minimum absolute atomic E-state index is 0.00938. The molecule has 3 unspecified atom stereocenters. The molecule has 1 saturated heterocycles. The zero-order valence-electron chi connectivity index (χ0n) is 12.1. The third kappa shape index (κ3) is 2.42. The second kappa shape index (κ2) is 5.60. The first-order valence-corrected chi connectivity index (χ1v) is 7.71. The predicted molar refractivity (Wildman–Crippen MR) is 74.4 cm³/mol. The van der Waals surface area contributed by atoms with Gasteiger partial charge >= 0.3 is 0 Å². The quantitative estimate of drug-likeness (QED) is 0.789. The van der Waals surface area contributed by atoms with E-state index >= 15 is 0 Å². The van der Waals surface area contributed by atoms with Gasteiger partial charge in [-0.05, 0) is 50.5 Å². The maximum atomic E-state index is 12.5. The maximum absolute atomic E-state index is 12.5. The van der Waals surface area contributed by atoms with Gasteiger partial charge in [0.15, 0.2) is 0 Å². The van der Waals surface area contributed by atoms with Crippen molar-refractivity contribution in [1.29, 1.82) is 0 Å². The molecule has 0 aromatic heterocycles. The van der Waals surface area contributed by atoms with Crippen LogP contribution < -0.4 is 10.6 Å². The van der Waals surface area contributed by atoms with Crippen LogP contribution in [0.25, 0.3) is 0 Å². The Kier molecular flexibility index (Phi) is 4.31. The van der Waals surface area contributed by atoms with Crippen LogP contribution >= 0.6 is 0 Å². The molecule has 1 amide bonds. The van der Waals surface area contributed by atoms with Crippen LogP contribution in [0.5, 0.6) is 0 Å². The van der Waals surface area contributed by atoms with E-state index < -0.39 is 0 Å². The molecule has 18 heavy (non-hydrogen) atoms. The van der Waals surface area contributed by atoms with Crippen LogP contribution in [0.3, 0.4) is 0 Å². The lowest BCUT2D eigenvalue weighted by molar-refractivity contribution is -0.126. The molecule has 0 aromatic rings. The Hall–Kier alpha value is -0.570. The average Bonchev–Trinajstić information content (AvgIpc) is 2.98. The summed E-state index contributed by atoms with van der Waals surface area (Å²) in [5.74, 6) is 1.59. The largest absolute Gasteiger partial charge is 0.349 e. The average molecular weight is 252 g/mol. The van der Waals surface area contributed by atoms with Crippen LogP contribution in [0.15, 0.2) is 0 Å². The van der Waals surface area contributed by atoms with Gasteiger partial charge in [0.25, 0.3) is 0 Å². The summed E-state index contributed by atoms with van der Waals surface area (Å²) in [5.41, 5.74) is 0.00938. The summed E-state index contributed by atoms with van der Waals surface area (Å²) in [7, 11) is 0. The van der Waals surface area contributed by atoms with Gasteiger partial charge in [0.1, 0.15) is 0 Å². The molecule has 3 nitrogen and oxygen atoms in total. The fourth-order valence-corrected chi connectivity index (χ4v) is 3.83. The van der Waals surface area contributed by atoms with Gasteiger partial charge in [0, 0.05) is 5.54 Å². The maximum Gasteiger partial charge on any atom is 0.237 e. The standard InChI is InChI=1S/C15H28N2O/c1-4-15(5-2,6-3)17-14(18)13-12-9-7-8-11(12)10-16-13/h11-13,16H,4-10H2,1-3H3,(H,17,18). The monoisotopic (exact) mass is 252 g/mol. The Morgan fingerprint density at radius 2 is 1.89 bits per heavy atom. The molecule has 0 spiro atoms. The van der Waals surface area contributed by atoms with Crippen molar-refractivity contribution >= 4 is 5.91 Å². The SMILES string of the molecule is CCC(CC)(CC)NC(=O)C1NCC2CCCC21. The summed E-state index contributed by atoms with van der Waals surface area (Å²) in [6.45, 7) is 7.56. The summed E-state index contributed by atoms with van der Waals surface area (Å²) in [4.78, 5) is 12.5. The van der Waals surface area contributed by atoms with Crippen molar-refractivity contribution in [2.75, 3.05) is 6.54 Å². The minimum atomic E-state index is 0.00938. The molecular formula is C15H28N2O. The number of hydrogen-bond acceptors (Lipinski definition) is 2. The van der Waals surface area contributed by atoms with Crippen molar-refractivity contribution < 1.29 is 4.79 Å². The van der Waals surface area contributed by atoms with Crippen molar-refractivity contribution in [1.82, 2.24) is 10.6 Å². The molecule has 1 saturated carbocycles. The van der Waals surface area contributed by atoms with Crippen molar-refractivity contribution in [3.63, 3.8) is 0 Å². The summed E-state index contributed by atoms with van der Waals surface area (Å²) < 4.78 is 0. The van der Waals surface area contributed by atoms with Gasteiger partial charge in [0.2, 0.25) is 5.91 Å². The van der Waals surface area contributed by atoms with Gasteiger partial charge in [0.05, 0.1) is 6.04 Å². The molecule has 2 rings (SSSR count). The molecule has 0 radical (unpaired) electrons. The molecule has 1 aliphatic heterocycles. The molecule has 2 N–H and O–H groups in total. The van der Waals surface area contributed by atoms with E-state index in [-0.39, 0.29) is 17.5 Å². The topological polar surface area (TPSA) is 41.1 Å². The Labute approximate surface area is 111 Å². The lowest BCUT2D eigenvalue weighted by Crippen LogP contribution is -2.54. The predicted octanol–water partition coefficient (Wildman–Crippen LogP) is 2.46. The lowest BCUT2D eigenvalue weighted by Gasteiger charge is -2.33. The fraction of sp³-hybridized carbons (Fsp3) is 0.933. The smallest absolute Gasteiger partial charge is 0.237 e. The first-order valence-electron chi connectivity index (χ1n) is 7.71. The summed E-state index contributed by atoms with van der Waals surface area (Å²) in [6.07, 6.45) is 6.90. The molecule has 3 heteroatoms. The number of carbonyl (C=O) groups excluding carboxylic acids is 1. The van der Waals surface area contributed by atoms with E-state index in [2.05, 4.69) is 31.4 Å². The molecule has 1 aliphatic carbocycles. The van der Waals surface area contributed by atoms with Crippen LogP contribution in [-0.2, 0) is 4.79 Å². The first kappa shape index (κ1) is 13.9. The normalized spacial score (nSPS) is 31.4. The Balaban J connectivity index is 1.99. The molecule has 104 valence electrons. The summed E-state index contributed by atoms with van der Waals surface area (Å²) in [5, 5.41) is 6.77. The van der Waals surface area contributed by atoms with Gasteiger partial charge in [-0.2, -0.15) is 0 Å². The molecule has 0 bridgehead atoms. The van der Waals surface area contributed by atoms with Crippen LogP contribution in [-0.4, -0.2) is 24.0 Å². The van der Waals surface area contributed by atoms with Gasteiger partial charge in [-0.25, -0.2) is 0 Å². The Bertz CT molecular complexity index is 291. The number of rotatable bonds is 5. The highest BCUT2D eigenvalue weighted by molar-refractivity contribution is 5.83. The van der Waals surface area contributed by atoms with Crippen molar-refractivity contribution in [3.8, 4) is 0 Å². The second-order valence-corrected chi connectivity index (χ2v) is 6.07. The lowest BCUT2D eigenvalue weighted by atomic mass is 9.88.